The first-order chi connectivity index (χ1) is 20.3. The number of Topliss-reactive ketones (excluding diaryl/α,β-unsaturated/α-hetero) is 2. The number of allylic oxidation sites excluding steroid dienone is 4. The van der Waals surface area contributed by atoms with Crippen LogP contribution in [0.25, 0.3) is 0 Å². The zero-order valence-electron chi connectivity index (χ0n) is 25.9. The van der Waals surface area contributed by atoms with Gasteiger partial charge in [-0.05, 0) is 88.6 Å². The molecule has 8 heteroatoms. The van der Waals surface area contributed by atoms with Gasteiger partial charge < -0.3 is 19.1 Å². The monoisotopic (exact) mass is 717 g/mol. The Labute approximate surface area is 273 Å². The maximum Gasteiger partial charge on any atom is 0.174 e. The molecular formula is C35H41ClINO5. The Morgan fingerprint density at radius 2 is 1.56 bits per heavy atom. The van der Waals surface area contributed by atoms with E-state index in [9.17, 15) is 9.59 Å². The van der Waals surface area contributed by atoms with Gasteiger partial charge in [-0.15, -0.1) is 0 Å². The summed E-state index contributed by atoms with van der Waals surface area (Å²) in [4.78, 5) is 30.4. The van der Waals surface area contributed by atoms with Gasteiger partial charge in [-0.3, -0.25) is 9.59 Å². The van der Waals surface area contributed by atoms with Crippen molar-refractivity contribution in [1.29, 1.82) is 0 Å². The summed E-state index contributed by atoms with van der Waals surface area (Å²) in [5.41, 5.74) is 5.02. The molecule has 0 aromatic heterocycles. The number of nitrogens with zero attached hydrogens (tertiary/aromatic N) is 1. The number of methoxy groups -OCH3 is 1. The minimum atomic E-state index is -0.453. The smallest absolute Gasteiger partial charge is 0.174 e. The van der Waals surface area contributed by atoms with E-state index >= 15 is 0 Å². The highest BCUT2D eigenvalue weighted by atomic mass is 127. The molecule has 0 unspecified atom stereocenters. The van der Waals surface area contributed by atoms with Crippen molar-refractivity contribution in [2.24, 2.45) is 10.8 Å². The van der Waals surface area contributed by atoms with Crippen LogP contribution in [0.4, 0.5) is 0 Å². The number of ketones is 2. The number of hydrogen-bond acceptors (Lipinski definition) is 6. The molecule has 43 heavy (non-hydrogen) atoms. The minimum Gasteiger partial charge on any atom is -0.490 e. The summed E-state index contributed by atoms with van der Waals surface area (Å²) in [5, 5.41) is 0.654. The van der Waals surface area contributed by atoms with Crippen LogP contribution in [0.5, 0.6) is 11.5 Å². The van der Waals surface area contributed by atoms with Crippen LogP contribution in [-0.4, -0.2) is 43.3 Å². The zero-order chi connectivity index (χ0) is 31.1. The van der Waals surface area contributed by atoms with Crippen LogP contribution < -0.4 is 9.47 Å². The first kappa shape index (κ1) is 32.0. The van der Waals surface area contributed by atoms with Crippen LogP contribution in [-0.2, 0) is 20.9 Å². The second-order valence-corrected chi connectivity index (χ2v) is 15.0. The average molecular weight is 718 g/mol. The normalized spacial score (nSPS) is 19.9. The summed E-state index contributed by atoms with van der Waals surface area (Å²) < 4.78 is 18.8. The van der Waals surface area contributed by atoms with Gasteiger partial charge in [-0.2, -0.15) is 0 Å². The third kappa shape index (κ3) is 6.69. The lowest BCUT2D eigenvalue weighted by Crippen LogP contribution is -2.45. The Bertz CT molecular complexity index is 1450. The van der Waals surface area contributed by atoms with Crippen molar-refractivity contribution in [2.45, 2.75) is 72.8 Å². The maximum absolute atomic E-state index is 14.1. The summed E-state index contributed by atoms with van der Waals surface area (Å²) in [5.74, 6) is 1.00. The summed E-state index contributed by atoms with van der Waals surface area (Å²) in [6, 6.07) is 11.6. The Morgan fingerprint density at radius 1 is 0.930 bits per heavy atom. The third-order valence-electron chi connectivity index (χ3n) is 8.48. The Hall–Kier alpha value is -2.36. The van der Waals surface area contributed by atoms with Crippen molar-refractivity contribution in [2.75, 3.05) is 26.9 Å². The molecule has 1 aliphatic heterocycles. The van der Waals surface area contributed by atoms with Gasteiger partial charge in [0.25, 0.3) is 0 Å². The maximum atomic E-state index is 14.1. The number of hydrogen-bond donors (Lipinski definition) is 0. The van der Waals surface area contributed by atoms with Gasteiger partial charge in [0, 0.05) is 60.0 Å². The lowest BCUT2D eigenvalue weighted by Gasteiger charge is -2.49. The van der Waals surface area contributed by atoms with Gasteiger partial charge in [-0.25, -0.2) is 0 Å². The molecule has 1 heterocycles. The quantitative estimate of drug-likeness (QED) is 0.244. The number of carbonyl (C=O) groups excluding carboxylic acids is 2. The standard InChI is InChI=1S/C35H41ClINO5/c1-7-42-29-15-22(14-24(37)33(29)43-20-21-9-8-10-23(36)13-21)30-31-25(16-34(2,3)18-27(31)39)38(11-12-41-6)26-17-35(4,5)19-28(40)32(26)30/h8-10,13-15,30H,7,11-12,16-20H2,1-6H3. The van der Waals surface area contributed by atoms with Gasteiger partial charge in [0.1, 0.15) is 6.61 Å². The number of benzene rings is 2. The lowest BCUT2D eigenvalue weighted by molar-refractivity contribution is -0.119. The first-order valence-electron chi connectivity index (χ1n) is 15.0. The molecule has 0 N–H and O–H groups in total. The molecule has 0 saturated carbocycles. The van der Waals surface area contributed by atoms with Crippen molar-refractivity contribution in [1.82, 2.24) is 4.90 Å². The van der Waals surface area contributed by atoms with Gasteiger partial charge >= 0.3 is 0 Å². The van der Waals surface area contributed by atoms with E-state index in [0.29, 0.717) is 55.7 Å². The van der Waals surface area contributed by atoms with E-state index in [4.69, 9.17) is 25.8 Å². The van der Waals surface area contributed by atoms with Crippen molar-refractivity contribution < 1.29 is 23.8 Å². The molecule has 0 spiro atoms. The molecule has 0 bridgehead atoms. The SMILES string of the molecule is CCOc1cc(C2C3=C(CC(C)(C)CC3=O)N(CCOC)C3=C2C(=O)CC(C)(C)C3)cc(I)c1OCc1cccc(Cl)c1. The zero-order valence-corrected chi connectivity index (χ0v) is 28.9. The third-order valence-corrected chi connectivity index (χ3v) is 9.51. The van der Waals surface area contributed by atoms with Crippen LogP contribution in [0, 0.1) is 14.4 Å². The molecule has 0 atom stereocenters. The van der Waals surface area contributed by atoms with Gasteiger partial charge in [-0.1, -0.05) is 51.4 Å². The van der Waals surface area contributed by atoms with Crippen LogP contribution in [0.3, 0.4) is 0 Å². The first-order valence-corrected chi connectivity index (χ1v) is 16.4. The van der Waals surface area contributed by atoms with E-state index in [1.165, 1.54) is 0 Å². The topological polar surface area (TPSA) is 65.1 Å². The molecule has 5 rings (SSSR count). The fourth-order valence-corrected chi connectivity index (χ4v) is 7.77. The number of ether oxygens (including phenoxy) is 3. The highest BCUT2D eigenvalue weighted by Crippen LogP contribution is 2.55. The minimum absolute atomic E-state index is 0.108. The van der Waals surface area contributed by atoms with E-state index in [0.717, 1.165) is 50.1 Å². The second-order valence-electron chi connectivity index (χ2n) is 13.4. The van der Waals surface area contributed by atoms with Crippen molar-refractivity contribution >= 4 is 45.8 Å². The fraction of sp³-hybridized carbons (Fsp3) is 0.486. The lowest BCUT2D eigenvalue weighted by atomic mass is 9.63. The summed E-state index contributed by atoms with van der Waals surface area (Å²) >= 11 is 8.47. The number of rotatable bonds is 9. The molecule has 2 aromatic carbocycles. The average Bonchev–Trinajstić information content (AvgIpc) is 2.90. The van der Waals surface area contributed by atoms with E-state index in [-0.39, 0.29) is 22.4 Å². The molecule has 230 valence electrons. The summed E-state index contributed by atoms with van der Waals surface area (Å²) in [7, 11) is 1.69. The summed E-state index contributed by atoms with van der Waals surface area (Å²) in [6.07, 6.45) is 2.41. The molecule has 2 aliphatic carbocycles. The predicted octanol–water partition coefficient (Wildman–Crippen LogP) is 8.25. The predicted molar refractivity (Wildman–Crippen MR) is 178 cm³/mol. The van der Waals surface area contributed by atoms with E-state index in [2.05, 4.69) is 61.3 Å². The Kier molecular flexibility index (Phi) is 9.36. The number of carbonyl (C=O) groups is 2. The molecule has 6 nitrogen and oxygen atoms in total. The van der Waals surface area contributed by atoms with Gasteiger partial charge in [0.2, 0.25) is 0 Å². The molecule has 3 aliphatic rings. The van der Waals surface area contributed by atoms with Crippen LogP contribution in [0.1, 0.15) is 77.3 Å². The molecule has 0 saturated heterocycles. The van der Waals surface area contributed by atoms with Crippen LogP contribution in [0.15, 0.2) is 58.9 Å². The van der Waals surface area contributed by atoms with E-state index in [1.807, 2.05) is 37.3 Å². The molecule has 2 aromatic rings. The summed E-state index contributed by atoms with van der Waals surface area (Å²) in [6.45, 7) is 12.4. The highest BCUT2D eigenvalue weighted by molar-refractivity contribution is 14.1. The van der Waals surface area contributed by atoms with E-state index < -0.39 is 5.92 Å². The molecular weight excluding hydrogens is 677 g/mol. The Balaban J connectivity index is 1.67. The highest BCUT2D eigenvalue weighted by Gasteiger charge is 2.49. The van der Waals surface area contributed by atoms with Crippen molar-refractivity contribution in [3.05, 3.63) is 78.7 Å². The second kappa shape index (κ2) is 12.6. The van der Waals surface area contributed by atoms with E-state index in [1.54, 1.807) is 7.11 Å². The van der Waals surface area contributed by atoms with Gasteiger partial charge in [0.05, 0.1) is 16.8 Å². The van der Waals surface area contributed by atoms with Crippen LogP contribution in [0.2, 0.25) is 5.02 Å². The molecule has 0 amide bonds. The van der Waals surface area contributed by atoms with Crippen molar-refractivity contribution in [3.8, 4) is 11.5 Å². The number of halogens is 2. The Morgan fingerprint density at radius 3 is 2.12 bits per heavy atom. The van der Waals surface area contributed by atoms with Gasteiger partial charge in [0.15, 0.2) is 23.1 Å². The molecule has 0 radical (unpaired) electrons. The van der Waals surface area contributed by atoms with Crippen LogP contribution >= 0.6 is 34.2 Å². The largest absolute Gasteiger partial charge is 0.490 e. The van der Waals surface area contributed by atoms with Crippen molar-refractivity contribution in [3.63, 3.8) is 0 Å². The molecule has 0 fully saturated rings. The fourth-order valence-electron chi connectivity index (χ4n) is 6.77.